The third-order valence-corrected chi connectivity index (χ3v) is 15.2. The van der Waals surface area contributed by atoms with E-state index in [0.717, 1.165) is 12.3 Å². The monoisotopic (exact) mass is 590 g/mol. The zero-order valence-electron chi connectivity index (χ0n) is 28.7. The maximum Gasteiger partial charge on any atom is 0.410 e. The van der Waals surface area contributed by atoms with Crippen LogP contribution < -0.4 is 0 Å². The lowest BCUT2D eigenvalue weighted by atomic mass is 9.41. The largest absolute Gasteiger partial charge is 0.444 e. The second kappa shape index (κ2) is 9.24. The fourth-order valence-electron chi connectivity index (χ4n) is 13.2. The van der Waals surface area contributed by atoms with Crippen LogP contribution in [0.2, 0.25) is 0 Å². The van der Waals surface area contributed by atoms with Crippen molar-refractivity contribution in [2.24, 2.45) is 44.8 Å². The summed E-state index contributed by atoms with van der Waals surface area (Å²) in [4.78, 5) is 17.7. The van der Waals surface area contributed by atoms with Gasteiger partial charge in [0.2, 0.25) is 0 Å². The van der Waals surface area contributed by atoms with Crippen LogP contribution in [0.1, 0.15) is 119 Å². The normalized spacial score (nSPS) is 48.2. The molecule has 0 bridgehead atoms. The lowest BCUT2D eigenvalue weighted by Gasteiger charge is -2.64. The van der Waals surface area contributed by atoms with Crippen molar-refractivity contribution >= 4 is 6.09 Å². The molecule has 5 aliphatic carbocycles. The lowest BCUT2D eigenvalue weighted by molar-refractivity contribution is -0.197. The molecule has 0 N–H and O–H groups in total. The Morgan fingerprint density at radius 1 is 0.953 bits per heavy atom. The third kappa shape index (κ3) is 3.85. The van der Waals surface area contributed by atoms with Gasteiger partial charge >= 0.3 is 6.09 Å². The number of amides is 1. The number of rotatable bonds is 2. The molecule has 2 spiro atoms. The first-order valence-electron chi connectivity index (χ1n) is 17.4. The number of hydrogen-bond donors (Lipinski definition) is 0. The number of carbonyl (C=O) groups is 1. The Bertz CT molecular complexity index is 1270. The topological polar surface area (TPSA) is 42.0 Å². The van der Waals surface area contributed by atoms with Gasteiger partial charge in [0, 0.05) is 25.0 Å². The van der Waals surface area contributed by atoms with Crippen LogP contribution in [0.15, 0.2) is 30.3 Å². The molecular formula is C38H58N2O3. The SMILES string of the molecule is C[C@H]1C2[C@@H](C[C@@]3(C)[C@@H]4CC[C@H]5C(C)(C)[C@@H](N(C)C(=O)OC(C)(C)C)CC[C@@]56C[C@@]46CC[C@]23C)OC(c2ccccc2)N1C. The molecule has 1 aliphatic heterocycles. The maximum absolute atomic E-state index is 13.2. The average molecular weight is 591 g/mol. The van der Waals surface area contributed by atoms with E-state index >= 15 is 0 Å². The quantitative estimate of drug-likeness (QED) is 0.346. The van der Waals surface area contributed by atoms with Crippen molar-refractivity contribution in [1.82, 2.24) is 9.80 Å². The molecule has 6 fully saturated rings. The average Bonchev–Trinajstić information content (AvgIpc) is 3.53. The van der Waals surface area contributed by atoms with Gasteiger partial charge in [0.15, 0.2) is 0 Å². The summed E-state index contributed by atoms with van der Waals surface area (Å²) in [6, 6.07) is 11.6. The van der Waals surface area contributed by atoms with Crippen LogP contribution in [0.4, 0.5) is 4.79 Å². The van der Waals surface area contributed by atoms with Crippen molar-refractivity contribution in [2.75, 3.05) is 14.1 Å². The van der Waals surface area contributed by atoms with Gasteiger partial charge in [-0.1, -0.05) is 58.0 Å². The number of fused-ring (bicyclic) bond motifs is 4. The highest BCUT2D eigenvalue weighted by Crippen LogP contribution is 2.89. The van der Waals surface area contributed by atoms with Crippen LogP contribution >= 0.6 is 0 Å². The van der Waals surface area contributed by atoms with Crippen LogP contribution in [0, 0.1) is 44.8 Å². The summed E-state index contributed by atoms with van der Waals surface area (Å²) >= 11 is 0. The lowest BCUT2D eigenvalue weighted by Crippen LogP contribution is -2.61. The van der Waals surface area contributed by atoms with Gasteiger partial charge in [0.05, 0.1) is 6.10 Å². The van der Waals surface area contributed by atoms with E-state index in [0.29, 0.717) is 45.6 Å². The van der Waals surface area contributed by atoms with Gasteiger partial charge < -0.3 is 14.4 Å². The fraction of sp³-hybridized carbons (Fsp3) is 0.816. The van der Waals surface area contributed by atoms with E-state index in [1.807, 2.05) is 32.7 Å². The van der Waals surface area contributed by atoms with Gasteiger partial charge in [0.25, 0.3) is 0 Å². The van der Waals surface area contributed by atoms with Crippen LogP contribution in [0.25, 0.3) is 0 Å². The molecule has 1 aromatic rings. The molecule has 1 aromatic carbocycles. The van der Waals surface area contributed by atoms with Crippen molar-refractivity contribution in [3.05, 3.63) is 35.9 Å². The van der Waals surface area contributed by atoms with Crippen molar-refractivity contribution in [2.45, 2.75) is 137 Å². The highest BCUT2D eigenvalue weighted by Gasteiger charge is 2.83. The first kappa shape index (κ1) is 30.1. The van der Waals surface area contributed by atoms with Gasteiger partial charge in [-0.05, 0) is 131 Å². The predicted molar refractivity (Wildman–Crippen MR) is 171 cm³/mol. The van der Waals surface area contributed by atoms with E-state index in [9.17, 15) is 4.79 Å². The van der Waals surface area contributed by atoms with E-state index in [1.165, 1.54) is 50.5 Å². The van der Waals surface area contributed by atoms with Crippen LogP contribution in [0.5, 0.6) is 0 Å². The number of benzene rings is 1. The molecule has 1 heterocycles. The van der Waals surface area contributed by atoms with E-state index in [4.69, 9.17) is 9.47 Å². The Morgan fingerprint density at radius 2 is 1.60 bits per heavy atom. The van der Waals surface area contributed by atoms with Gasteiger partial charge in [-0.15, -0.1) is 0 Å². The molecule has 238 valence electrons. The summed E-state index contributed by atoms with van der Waals surface area (Å²) in [5.41, 5.74) is 2.40. The molecule has 7 rings (SSSR count). The van der Waals surface area contributed by atoms with E-state index in [1.54, 1.807) is 0 Å². The van der Waals surface area contributed by atoms with Crippen molar-refractivity contribution in [1.29, 1.82) is 0 Å². The summed E-state index contributed by atoms with van der Waals surface area (Å²) in [6.45, 7) is 18.7. The standard InChI is InChI=1S/C38H58N2O3/c1-24-30-26(42-31(39(24)9)25-14-12-11-13-15-25)22-36(8)28-17-16-27-34(5,6)29(40(10)32(41)43-33(2,3)4)18-19-37(27)23-38(28,37)21-20-35(30,36)7/h11-15,24,26-31H,16-23H2,1-10H3/t24-,26+,27-,28-,29-,30?,31?,35+,36-,37+,38-/m0/s1. The van der Waals surface area contributed by atoms with Gasteiger partial charge in [-0.2, -0.15) is 0 Å². The molecule has 5 heteroatoms. The molecule has 0 aromatic heterocycles. The minimum Gasteiger partial charge on any atom is -0.444 e. The molecule has 1 saturated heterocycles. The molecule has 6 aliphatic rings. The summed E-state index contributed by atoms with van der Waals surface area (Å²) in [7, 11) is 4.28. The summed E-state index contributed by atoms with van der Waals surface area (Å²) in [6.07, 6.45) is 10.5. The van der Waals surface area contributed by atoms with Crippen molar-refractivity contribution < 1.29 is 14.3 Å². The van der Waals surface area contributed by atoms with Crippen LogP contribution in [-0.4, -0.2) is 53.8 Å². The summed E-state index contributed by atoms with van der Waals surface area (Å²) < 4.78 is 13.0. The first-order valence-corrected chi connectivity index (χ1v) is 17.4. The highest BCUT2D eigenvalue weighted by atomic mass is 16.6. The molecule has 43 heavy (non-hydrogen) atoms. The second-order valence-electron chi connectivity index (χ2n) is 18.0. The number of ether oxygens (including phenoxy) is 2. The second-order valence-corrected chi connectivity index (χ2v) is 18.0. The molecule has 2 unspecified atom stereocenters. The Kier molecular flexibility index (Phi) is 6.47. The molecule has 5 nitrogen and oxygen atoms in total. The zero-order chi connectivity index (χ0) is 31.0. The molecular weight excluding hydrogens is 532 g/mol. The minimum atomic E-state index is -0.468. The summed E-state index contributed by atoms with van der Waals surface area (Å²) in [5.74, 6) is 2.01. The third-order valence-electron chi connectivity index (χ3n) is 15.2. The number of nitrogens with zero attached hydrogens (tertiary/aromatic N) is 2. The van der Waals surface area contributed by atoms with E-state index < -0.39 is 5.60 Å². The predicted octanol–water partition coefficient (Wildman–Crippen LogP) is 8.69. The Balaban J connectivity index is 1.16. The Hall–Kier alpha value is -1.59. The molecule has 5 saturated carbocycles. The highest BCUT2D eigenvalue weighted by molar-refractivity contribution is 5.68. The minimum absolute atomic E-state index is 0.0415. The van der Waals surface area contributed by atoms with E-state index in [2.05, 4.69) is 76.9 Å². The smallest absolute Gasteiger partial charge is 0.410 e. The zero-order valence-corrected chi connectivity index (χ0v) is 28.7. The first-order chi connectivity index (χ1) is 20.0. The Labute approximate surface area is 261 Å². The van der Waals surface area contributed by atoms with Crippen LogP contribution in [0.3, 0.4) is 0 Å². The Morgan fingerprint density at radius 3 is 2.28 bits per heavy atom. The fourth-order valence-corrected chi connectivity index (χ4v) is 13.2. The van der Waals surface area contributed by atoms with Gasteiger partial charge in [-0.3, -0.25) is 4.90 Å². The molecule has 1 amide bonds. The van der Waals surface area contributed by atoms with Crippen molar-refractivity contribution in [3.63, 3.8) is 0 Å². The number of carbonyl (C=O) groups excluding carboxylic acids is 1. The van der Waals surface area contributed by atoms with Gasteiger partial charge in [-0.25, -0.2) is 4.79 Å². The molecule has 11 atom stereocenters. The van der Waals surface area contributed by atoms with Gasteiger partial charge in [0.1, 0.15) is 11.8 Å². The molecule has 0 radical (unpaired) electrons. The summed E-state index contributed by atoms with van der Waals surface area (Å²) in [5, 5.41) is 0. The number of hydrogen-bond acceptors (Lipinski definition) is 4. The van der Waals surface area contributed by atoms with Crippen molar-refractivity contribution in [3.8, 4) is 0 Å². The van der Waals surface area contributed by atoms with E-state index in [-0.39, 0.29) is 23.8 Å². The maximum atomic E-state index is 13.2. The van der Waals surface area contributed by atoms with Crippen LogP contribution in [-0.2, 0) is 9.47 Å².